The minimum atomic E-state index is -4.61. The minimum absolute atomic E-state index is 0.0259. The maximum absolute atomic E-state index is 12.9. The summed E-state index contributed by atoms with van der Waals surface area (Å²) in [5.41, 5.74) is 2.24. The van der Waals surface area contributed by atoms with E-state index in [4.69, 9.17) is 4.74 Å². The van der Waals surface area contributed by atoms with Crippen LogP contribution >= 0.6 is 0 Å². The Labute approximate surface area is 191 Å². The molecule has 2 N–H and O–H groups in total. The zero-order valence-electron chi connectivity index (χ0n) is 17.8. The summed E-state index contributed by atoms with van der Waals surface area (Å²) in [6, 6.07) is 9.58. The van der Waals surface area contributed by atoms with Crippen molar-refractivity contribution in [3.8, 4) is 11.1 Å². The Kier molecular flexibility index (Phi) is 5.62. The summed E-state index contributed by atoms with van der Waals surface area (Å²) in [6.45, 7) is 2.87. The number of amides is 1. The number of hydrogen-bond acceptors (Lipinski definition) is 6. The molecular formula is C23H19F3N6O2. The summed E-state index contributed by atoms with van der Waals surface area (Å²) in [5.74, 6) is -0.636. The Hall–Kier alpha value is -3.99. The predicted octanol–water partition coefficient (Wildman–Crippen LogP) is 4.13. The first kappa shape index (κ1) is 21.8. The number of H-pyrrole nitrogens is 1. The maximum atomic E-state index is 12.9. The molecule has 34 heavy (non-hydrogen) atoms. The second-order valence-corrected chi connectivity index (χ2v) is 7.75. The molecule has 174 valence electrons. The van der Waals surface area contributed by atoms with E-state index in [1.807, 2.05) is 18.2 Å². The third kappa shape index (κ3) is 4.42. The number of ether oxygens (including phenoxy) is 1. The van der Waals surface area contributed by atoms with Gasteiger partial charge in [0.05, 0.1) is 30.6 Å². The molecule has 1 amide bonds. The SMILES string of the molecule is O=C(Nc1ccnc(C(F)(F)F)c1)c1n[nH]c2ccc(-c3cncc(N4CCOCC4)c3)cc12. The van der Waals surface area contributed by atoms with E-state index in [0.29, 0.717) is 24.1 Å². The second-order valence-electron chi connectivity index (χ2n) is 7.75. The van der Waals surface area contributed by atoms with Gasteiger partial charge in [-0.15, -0.1) is 0 Å². The molecule has 11 heteroatoms. The van der Waals surface area contributed by atoms with Crippen LogP contribution < -0.4 is 10.2 Å². The van der Waals surface area contributed by atoms with Crippen molar-refractivity contribution in [1.82, 2.24) is 20.2 Å². The Bertz CT molecular complexity index is 1350. The highest BCUT2D eigenvalue weighted by Gasteiger charge is 2.32. The lowest BCUT2D eigenvalue weighted by atomic mass is 10.0. The van der Waals surface area contributed by atoms with Crippen molar-refractivity contribution >= 4 is 28.2 Å². The number of morpholine rings is 1. The Morgan fingerprint density at radius 2 is 1.88 bits per heavy atom. The number of nitrogens with zero attached hydrogens (tertiary/aromatic N) is 4. The predicted molar refractivity (Wildman–Crippen MR) is 120 cm³/mol. The molecule has 1 saturated heterocycles. The van der Waals surface area contributed by atoms with Crippen LogP contribution in [0.4, 0.5) is 24.5 Å². The molecule has 3 aromatic heterocycles. The maximum Gasteiger partial charge on any atom is 0.433 e. The molecule has 4 heterocycles. The summed E-state index contributed by atoms with van der Waals surface area (Å²) in [5, 5.41) is 9.87. The first-order valence-electron chi connectivity index (χ1n) is 10.5. The number of alkyl halides is 3. The lowest BCUT2D eigenvalue weighted by Gasteiger charge is -2.28. The topological polar surface area (TPSA) is 96.0 Å². The van der Waals surface area contributed by atoms with Gasteiger partial charge in [-0.1, -0.05) is 6.07 Å². The van der Waals surface area contributed by atoms with Gasteiger partial charge in [0.1, 0.15) is 5.69 Å². The van der Waals surface area contributed by atoms with Crippen LogP contribution in [0.1, 0.15) is 16.2 Å². The molecule has 0 atom stereocenters. The lowest BCUT2D eigenvalue weighted by Crippen LogP contribution is -2.36. The molecule has 5 rings (SSSR count). The fourth-order valence-corrected chi connectivity index (χ4v) is 3.80. The highest BCUT2D eigenvalue weighted by atomic mass is 19.4. The molecule has 4 aromatic rings. The monoisotopic (exact) mass is 468 g/mol. The van der Waals surface area contributed by atoms with E-state index in [2.05, 4.69) is 30.4 Å². The van der Waals surface area contributed by atoms with Crippen molar-refractivity contribution < 1.29 is 22.7 Å². The van der Waals surface area contributed by atoms with Gasteiger partial charge < -0.3 is 15.0 Å². The summed E-state index contributed by atoms with van der Waals surface area (Å²) in [7, 11) is 0. The molecule has 0 unspecified atom stereocenters. The van der Waals surface area contributed by atoms with Crippen LogP contribution in [0.3, 0.4) is 0 Å². The Morgan fingerprint density at radius 3 is 2.68 bits per heavy atom. The molecule has 0 radical (unpaired) electrons. The van der Waals surface area contributed by atoms with E-state index in [0.717, 1.165) is 42.2 Å². The number of halogens is 3. The van der Waals surface area contributed by atoms with Crippen molar-refractivity contribution in [2.75, 3.05) is 36.5 Å². The number of hydrogen-bond donors (Lipinski definition) is 2. The van der Waals surface area contributed by atoms with Crippen molar-refractivity contribution in [2.24, 2.45) is 0 Å². The van der Waals surface area contributed by atoms with Gasteiger partial charge in [-0.2, -0.15) is 18.3 Å². The van der Waals surface area contributed by atoms with Gasteiger partial charge in [-0.05, 0) is 35.9 Å². The number of aromatic amines is 1. The first-order chi connectivity index (χ1) is 16.4. The first-order valence-corrected chi connectivity index (χ1v) is 10.5. The third-order valence-corrected chi connectivity index (χ3v) is 5.52. The van der Waals surface area contributed by atoms with Crippen molar-refractivity contribution in [2.45, 2.75) is 6.18 Å². The van der Waals surface area contributed by atoms with E-state index in [9.17, 15) is 18.0 Å². The quantitative estimate of drug-likeness (QED) is 0.468. The van der Waals surface area contributed by atoms with E-state index in [-0.39, 0.29) is 11.4 Å². The largest absolute Gasteiger partial charge is 0.433 e. The van der Waals surface area contributed by atoms with Gasteiger partial charge in [0.15, 0.2) is 5.69 Å². The van der Waals surface area contributed by atoms with Gasteiger partial charge in [-0.3, -0.25) is 19.9 Å². The number of carbonyl (C=O) groups is 1. The van der Waals surface area contributed by atoms with Gasteiger partial charge >= 0.3 is 6.18 Å². The number of fused-ring (bicyclic) bond motifs is 1. The number of aromatic nitrogens is 4. The van der Waals surface area contributed by atoms with Crippen LogP contribution in [0.2, 0.25) is 0 Å². The molecule has 1 aliphatic heterocycles. The molecule has 1 aromatic carbocycles. The summed E-state index contributed by atoms with van der Waals surface area (Å²) in [6.07, 6.45) is -0.0827. The van der Waals surface area contributed by atoms with Crippen molar-refractivity contribution in [1.29, 1.82) is 0 Å². The smallest absolute Gasteiger partial charge is 0.378 e. The zero-order chi connectivity index (χ0) is 23.7. The van der Waals surface area contributed by atoms with E-state index in [1.54, 1.807) is 18.5 Å². The van der Waals surface area contributed by atoms with Crippen molar-refractivity contribution in [3.05, 3.63) is 66.4 Å². The van der Waals surface area contributed by atoms with Crippen LogP contribution in [-0.2, 0) is 10.9 Å². The number of benzene rings is 1. The number of rotatable bonds is 4. The van der Waals surface area contributed by atoms with Crippen LogP contribution in [0.5, 0.6) is 0 Å². The zero-order valence-corrected chi connectivity index (χ0v) is 17.8. The fraction of sp³-hybridized carbons (Fsp3) is 0.217. The second kappa shape index (κ2) is 8.75. The van der Waals surface area contributed by atoms with Gasteiger partial charge in [0.25, 0.3) is 5.91 Å². The van der Waals surface area contributed by atoms with Gasteiger partial charge in [0, 0.05) is 42.1 Å². The van der Waals surface area contributed by atoms with Gasteiger partial charge in [0.2, 0.25) is 0 Å². The Balaban J connectivity index is 1.43. The third-order valence-electron chi connectivity index (χ3n) is 5.52. The van der Waals surface area contributed by atoms with E-state index < -0.39 is 17.8 Å². The number of pyridine rings is 2. The van der Waals surface area contributed by atoms with Crippen LogP contribution in [-0.4, -0.2) is 52.4 Å². The van der Waals surface area contributed by atoms with Gasteiger partial charge in [-0.25, -0.2) is 0 Å². The average Bonchev–Trinajstić information content (AvgIpc) is 3.28. The average molecular weight is 468 g/mol. The molecule has 0 spiro atoms. The highest BCUT2D eigenvalue weighted by Crippen LogP contribution is 2.30. The number of carbonyl (C=O) groups excluding carboxylic acids is 1. The fourth-order valence-electron chi connectivity index (χ4n) is 3.80. The molecular weight excluding hydrogens is 449 g/mol. The minimum Gasteiger partial charge on any atom is -0.378 e. The van der Waals surface area contributed by atoms with Crippen molar-refractivity contribution in [3.63, 3.8) is 0 Å². The van der Waals surface area contributed by atoms with Crippen LogP contribution in [0.25, 0.3) is 22.0 Å². The standard InChI is InChI=1S/C23H19F3N6O2/c24-23(25,26)20-11-16(3-4-28-20)29-22(33)21-18-10-14(1-2-19(18)30-31-21)15-9-17(13-27-12-15)32-5-7-34-8-6-32/h1-4,9-13H,5-8H2,(H,30,31)(H,28,29,33). The number of nitrogens with one attached hydrogen (secondary N) is 2. The van der Waals surface area contributed by atoms with Crippen LogP contribution in [0, 0.1) is 0 Å². The molecule has 8 nitrogen and oxygen atoms in total. The lowest BCUT2D eigenvalue weighted by molar-refractivity contribution is -0.141. The molecule has 0 aliphatic carbocycles. The molecule has 0 saturated carbocycles. The summed E-state index contributed by atoms with van der Waals surface area (Å²) >= 11 is 0. The summed E-state index contributed by atoms with van der Waals surface area (Å²) in [4.78, 5) is 22.7. The number of anilines is 2. The summed E-state index contributed by atoms with van der Waals surface area (Å²) < 4.78 is 44.2. The van der Waals surface area contributed by atoms with E-state index in [1.165, 1.54) is 6.07 Å². The Morgan fingerprint density at radius 1 is 1.06 bits per heavy atom. The highest BCUT2D eigenvalue weighted by molar-refractivity contribution is 6.11. The van der Waals surface area contributed by atoms with Crippen LogP contribution in [0.15, 0.2) is 55.0 Å². The van der Waals surface area contributed by atoms with E-state index >= 15 is 0 Å². The molecule has 0 bridgehead atoms. The molecule has 1 aliphatic rings. The normalized spacial score (nSPS) is 14.4. The molecule has 1 fully saturated rings.